The molecule has 108 valence electrons. The first-order valence-electron chi connectivity index (χ1n) is 6.19. The average Bonchev–Trinajstić information content (AvgIpc) is 3.03. The number of aromatic nitrogens is 2. The van der Waals surface area contributed by atoms with Crippen molar-refractivity contribution in [1.82, 2.24) is 9.36 Å². The average molecular weight is 330 g/mol. The minimum atomic E-state index is -3.32. The molecule has 6 nitrogen and oxygen atoms in total. The van der Waals surface area contributed by atoms with Crippen LogP contribution in [0.15, 0.2) is 15.8 Å². The molecular formula is C11H14N4O2S3. The monoisotopic (exact) mass is 330 g/mol. The second-order valence-corrected chi connectivity index (χ2v) is 8.28. The summed E-state index contributed by atoms with van der Waals surface area (Å²) in [6.07, 6.45) is 2.18. The van der Waals surface area contributed by atoms with Crippen LogP contribution in [0, 0.1) is 0 Å². The molecule has 0 amide bonds. The first-order valence-corrected chi connectivity index (χ1v) is 9.45. The molecule has 1 aliphatic rings. The number of anilines is 2. The highest BCUT2D eigenvalue weighted by Crippen LogP contribution is 2.40. The van der Waals surface area contributed by atoms with Gasteiger partial charge in [-0.05, 0) is 24.4 Å². The fraction of sp³-hybridized carbons (Fsp3) is 0.455. The van der Waals surface area contributed by atoms with Crippen LogP contribution in [0.1, 0.15) is 18.5 Å². The van der Waals surface area contributed by atoms with Crippen molar-refractivity contribution in [3.8, 4) is 0 Å². The van der Waals surface area contributed by atoms with Gasteiger partial charge in [0.2, 0.25) is 0 Å². The van der Waals surface area contributed by atoms with Gasteiger partial charge in [-0.1, -0.05) is 0 Å². The molecule has 0 aromatic carbocycles. The summed E-state index contributed by atoms with van der Waals surface area (Å²) in [7, 11) is -3.32. The standard InChI is InChI=1S/C11H14N4O2S3/c12-10-9(20(16,17)8-1-2-8)11(19-15-10)13-4-3-7-5-18-6-14-7/h5-6,8,13H,1-4H2,(H2,12,15). The van der Waals surface area contributed by atoms with Gasteiger partial charge in [0.1, 0.15) is 9.90 Å². The highest BCUT2D eigenvalue weighted by molar-refractivity contribution is 7.92. The third kappa shape index (κ3) is 2.65. The van der Waals surface area contributed by atoms with E-state index in [9.17, 15) is 8.42 Å². The molecule has 2 aromatic rings. The van der Waals surface area contributed by atoms with Crippen molar-refractivity contribution in [2.75, 3.05) is 17.6 Å². The second-order valence-electron chi connectivity index (χ2n) is 4.63. The van der Waals surface area contributed by atoms with Crippen LogP contribution in [-0.2, 0) is 16.3 Å². The number of rotatable bonds is 6. The SMILES string of the molecule is Nc1nsc(NCCc2cscn2)c1S(=O)(=O)C1CC1. The van der Waals surface area contributed by atoms with Crippen molar-refractivity contribution >= 4 is 43.5 Å². The van der Waals surface area contributed by atoms with Crippen LogP contribution in [0.2, 0.25) is 0 Å². The molecule has 2 heterocycles. The molecule has 0 saturated heterocycles. The predicted molar refractivity (Wildman–Crippen MR) is 81.0 cm³/mol. The van der Waals surface area contributed by atoms with E-state index in [-0.39, 0.29) is 16.0 Å². The van der Waals surface area contributed by atoms with Crippen molar-refractivity contribution in [2.45, 2.75) is 29.4 Å². The fourth-order valence-corrected chi connectivity index (χ4v) is 5.40. The summed E-state index contributed by atoms with van der Waals surface area (Å²) in [4.78, 5) is 4.37. The van der Waals surface area contributed by atoms with Crippen LogP contribution in [0.25, 0.3) is 0 Å². The van der Waals surface area contributed by atoms with Crippen molar-refractivity contribution in [3.05, 3.63) is 16.6 Å². The quantitative estimate of drug-likeness (QED) is 0.837. The molecule has 0 unspecified atom stereocenters. The Morgan fingerprint density at radius 3 is 2.90 bits per heavy atom. The second kappa shape index (κ2) is 5.30. The van der Waals surface area contributed by atoms with Crippen LogP contribution >= 0.6 is 22.9 Å². The minimum absolute atomic E-state index is 0.109. The van der Waals surface area contributed by atoms with Crippen LogP contribution in [-0.4, -0.2) is 29.6 Å². The third-order valence-electron chi connectivity index (χ3n) is 3.07. The topological polar surface area (TPSA) is 98.0 Å². The van der Waals surface area contributed by atoms with E-state index in [1.807, 2.05) is 5.38 Å². The lowest BCUT2D eigenvalue weighted by Gasteiger charge is -2.06. The molecule has 9 heteroatoms. The van der Waals surface area contributed by atoms with Crippen LogP contribution in [0.3, 0.4) is 0 Å². The van der Waals surface area contributed by atoms with E-state index in [0.717, 1.165) is 36.5 Å². The molecule has 3 N–H and O–H groups in total. The van der Waals surface area contributed by atoms with Gasteiger partial charge in [0, 0.05) is 18.3 Å². The number of sulfone groups is 1. The van der Waals surface area contributed by atoms with E-state index < -0.39 is 9.84 Å². The Kier molecular flexibility index (Phi) is 3.65. The molecule has 0 spiro atoms. The maximum atomic E-state index is 12.3. The van der Waals surface area contributed by atoms with Gasteiger partial charge in [-0.3, -0.25) is 0 Å². The van der Waals surface area contributed by atoms with Crippen LogP contribution < -0.4 is 11.1 Å². The lowest BCUT2D eigenvalue weighted by atomic mass is 10.3. The summed E-state index contributed by atoms with van der Waals surface area (Å²) in [5.41, 5.74) is 8.50. The van der Waals surface area contributed by atoms with E-state index >= 15 is 0 Å². The minimum Gasteiger partial charge on any atom is -0.382 e. The maximum absolute atomic E-state index is 12.3. The number of nitrogens with one attached hydrogen (secondary N) is 1. The summed E-state index contributed by atoms with van der Waals surface area (Å²) in [6.45, 7) is 0.610. The lowest BCUT2D eigenvalue weighted by molar-refractivity contribution is 0.595. The van der Waals surface area contributed by atoms with Crippen molar-refractivity contribution < 1.29 is 8.42 Å². The first-order chi connectivity index (χ1) is 9.59. The number of nitrogen functional groups attached to an aromatic ring is 1. The molecule has 3 rings (SSSR count). The van der Waals surface area contributed by atoms with Crippen molar-refractivity contribution in [2.24, 2.45) is 0 Å². The zero-order valence-electron chi connectivity index (χ0n) is 10.6. The van der Waals surface area contributed by atoms with Crippen molar-refractivity contribution in [1.29, 1.82) is 0 Å². The summed E-state index contributed by atoms with van der Waals surface area (Å²) in [5, 5.41) is 5.37. The van der Waals surface area contributed by atoms with Gasteiger partial charge in [0.05, 0.1) is 16.5 Å². The molecule has 1 aliphatic carbocycles. The number of hydrogen-bond donors (Lipinski definition) is 2. The summed E-state index contributed by atoms with van der Waals surface area (Å²) >= 11 is 2.65. The molecule has 0 radical (unpaired) electrons. The molecular weight excluding hydrogens is 316 g/mol. The smallest absolute Gasteiger partial charge is 0.187 e. The summed E-state index contributed by atoms with van der Waals surface area (Å²) in [6, 6.07) is 0. The maximum Gasteiger partial charge on any atom is 0.187 e. The van der Waals surface area contributed by atoms with Crippen LogP contribution in [0.4, 0.5) is 10.8 Å². The van der Waals surface area contributed by atoms with Gasteiger partial charge in [-0.25, -0.2) is 13.4 Å². The lowest BCUT2D eigenvalue weighted by Crippen LogP contribution is -2.12. The van der Waals surface area contributed by atoms with E-state index in [2.05, 4.69) is 14.7 Å². The van der Waals surface area contributed by atoms with Gasteiger partial charge in [0.15, 0.2) is 15.7 Å². The zero-order valence-corrected chi connectivity index (χ0v) is 13.0. The van der Waals surface area contributed by atoms with E-state index in [1.165, 1.54) is 0 Å². The molecule has 0 bridgehead atoms. The number of nitrogens with two attached hydrogens (primary N) is 1. The van der Waals surface area contributed by atoms with Crippen molar-refractivity contribution in [3.63, 3.8) is 0 Å². The van der Waals surface area contributed by atoms with Gasteiger partial charge in [-0.2, -0.15) is 4.37 Å². The largest absolute Gasteiger partial charge is 0.382 e. The van der Waals surface area contributed by atoms with Gasteiger partial charge in [0.25, 0.3) is 0 Å². The van der Waals surface area contributed by atoms with Gasteiger partial charge < -0.3 is 11.1 Å². The van der Waals surface area contributed by atoms with E-state index in [1.54, 1.807) is 16.8 Å². The molecule has 20 heavy (non-hydrogen) atoms. The Hall–Kier alpha value is -1.19. The summed E-state index contributed by atoms with van der Waals surface area (Å²) < 4.78 is 28.6. The molecule has 0 atom stereocenters. The Morgan fingerprint density at radius 2 is 2.25 bits per heavy atom. The number of nitrogens with zero attached hydrogens (tertiary/aromatic N) is 2. The number of thiazole rings is 1. The third-order valence-corrected chi connectivity index (χ3v) is 6.99. The van der Waals surface area contributed by atoms with E-state index in [4.69, 9.17) is 5.73 Å². The molecule has 1 fully saturated rings. The Bertz CT molecular complexity index is 689. The fourth-order valence-electron chi connectivity index (χ4n) is 1.89. The highest BCUT2D eigenvalue weighted by Gasteiger charge is 2.40. The van der Waals surface area contributed by atoms with E-state index in [0.29, 0.717) is 11.5 Å². The number of hydrogen-bond acceptors (Lipinski definition) is 8. The highest BCUT2D eigenvalue weighted by atomic mass is 32.2. The predicted octanol–water partition coefficient (Wildman–Crippen LogP) is 1.77. The molecule has 2 aromatic heterocycles. The Balaban J connectivity index is 1.74. The first kappa shape index (κ1) is 13.8. The summed E-state index contributed by atoms with van der Waals surface area (Å²) in [5.74, 6) is 0.109. The van der Waals surface area contributed by atoms with Crippen LogP contribution in [0.5, 0.6) is 0 Å². The Morgan fingerprint density at radius 1 is 1.45 bits per heavy atom. The molecule has 1 saturated carbocycles. The van der Waals surface area contributed by atoms with Gasteiger partial charge in [-0.15, -0.1) is 11.3 Å². The van der Waals surface area contributed by atoms with Gasteiger partial charge >= 0.3 is 0 Å². The molecule has 0 aliphatic heterocycles. The zero-order chi connectivity index (χ0) is 14.2. The normalized spacial score (nSPS) is 15.4. The Labute approximate surface area is 125 Å².